The number of carbonyl (C=O) groups excluding carboxylic acids is 1. The normalized spacial score (nSPS) is 26.5. The van der Waals surface area contributed by atoms with Gasteiger partial charge in [-0.25, -0.2) is 4.98 Å². The summed E-state index contributed by atoms with van der Waals surface area (Å²) in [7, 11) is 0. The van der Waals surface area contributed by atoms with Gasteiger partial charge in [0.25, 0.3) is 0 Å². The van der Waals surface area contributed by atoms with Crippen molar-refractivity contribution in [3.63, 3.8) is 0 Å². The number of aromatic nitrogens is 2. The number of ether oxygens (including phenoxy) is 1. The average Bonchev–Trinajstić information content (AvgIpc) is 3.30. The van der Waals surface area contributed by atoms with Gasteiger partial charge in [-0.2, -0.15) is 0 Å². The minimum absolute atomic E-state index is 0.0477. The Bertz CT molecular complexity index is 952. The Morgan fingerprint density at radius 1 is 1.15 bits per heavy atom. The van der Waals surface area contributed by atoms with Crippen LogP contribution in [-0.4, -0.2) is 34.2 Å². The molecule has 1 aliphatic carbocycles. The van der Waals surface area contributed by atoms with Crippen LogP contribution < -0.4 is 5.32 Å². The number of rotatable bonds is 5. The molecule has 2 aromatic carbocycles. The van der Waals surface area contributed by atoms with Crippen LogP contribution in [0.3, 0.4) is 0 Å². The summed E-state index contributed by atoms with van der Waals surface area (Å²) >= 11 is 0. The van der Waals surface area contributed by atoms with Gasteiger partial charge < -0.3 is 14.6 Å². The minimum atomic E-state index is 0.0477. The summed E-state index contributed by atoms with van der Waals surface area (Å²) in [6, 6.07) is 18.6. The Kier molecular flexibility index (Phi) is 4.17. The van der Waals surface area contributed by atoms with E-state index in [1.54, 1.807) is 6.33 Å². The van der Waals surface area contributed by atoms with Crippen molar-refractivity contribution in [3.8, 4) is 0 Å². The van der Waals surface area contributed by atoms with E-state index in [2.05, 4.69) is 34.6 Å². The molecule has 1 amide bonds. The molecular formula is C22H23N3O2. The predicted molar refractivity (Wildman–Crippen MR) is 103 cm³/mol. The van der Waals surface area contributed by atoms with E-state index in [0.29, 0.717) is 18.4 Å². The van der Waals surface area contributed by atoms with Crippen LogP contribution in [0.4, 0.5) is 0 Å². The monoisotopic (exact) mass is 361 g/mol. The zero-order chi connectivity index (χ0) is 18.2. The second kappa shape index (κ2) is 6.82. The van der Waals surface area contributed by atoms with E-state index in [9.17, 15) is 4.79 Å². The summed E-state index contributed by atoms with van der Waals surface area (Å²) in [6.07, 6.45) is 4.01. The summed E-state index contributed by atoms with van der Waals surface area (Å²) in [5.41, 5.74) is 3.21. The molecule has 138 valence electrons. The number of fused-ring (bicyclic) bond motifs is 2. The zero-order valence-electron chi connectivity index (χ0n) is 15.1. The summed E-state index contributed by atoms with van der Waals surface area (Å²) in [5.74, 6) is 0.845. The van der Waals surface area contributed by atoms with Crippen LogP contribution in [0.25, 0.3) is 11.0 Å². The lowest BCUT2D eigenvalue weighted by atomic mass is 9.64. The molecule has 5 nitrogen and oxygen atoms in total. The molecule has 2 heterocycles. The molecule has 2 aliphatic rings. The Morgan fingerprint density at radius 3 is 2.85 bits per heavy atom. The molecule has 1 saturated carbocycles. The third-order valence-corrected chi connectivity index (χ3v) is 6.01. The van der Waals surface area contributed by atoms with E-state index in [0.717, 1.165) is 30.5 Å². The van der Waals surface area contributed by atoms with Crippen LogP contribution in [0.2, 0.25) is 0 Å². The highest BCUT2D eigenvalue weighted by atomic mass is 16.5. The van der Waals surface area contributed by atoms with Gasteiger partial charge in [-0.15, -0.1) is 0 Å². The highest BCUT2D eigenvalue weighted by Gasteiger charge is 2.53. The molecule has 3 aromatic rings. The largest absolute Gasteiger partial charge is 0.377 e. The van der Waals surface area contributed by atoms with Crippen molar-refractivity contribution < 1.29 is 9.53 Å². The molecular weight excluding hydrogens is 338 g/mol. The molecule has 27 heavy (non-hydrogen) atoms. The molecule has 4 atom stereocenters. The number of benzene rings is 2. The topological polar surface area (TPSA) is 56.2 Å². The van der Waals surface area contributed by atoms with Crippen LogP contribution in [0.5, 0.6) is 0 Å². The van der Waals surface area contributed by atoms with Gasteiger partial charge >= 0.3 is 0 Å². The third-order valence-electron chi connectivity index (χ3n) is 6.01. The number of amides is 1. The molecule has 5 heteroatoms. The van der Waals surface area contributed by atoms with E-state index in [-0.39, 0.29) is 18.1 Å². The molecule has 5 rings (SSSR count). The molecule has 0 spiro atoms. The standard InChI is InChI=1S/C22H23N3O2/c26-20(13-25-14-23-18-8-4-5-9-19(18)25)24-21-16-10-11-27-22(16)17(21)12-15-6-2-1-3-7-15/h1-9,14,16-17,21-22H,10-13H2,(H,24,26)/t16-,17+,21-,22-/m0/s1. The van der Waals surface area contributed by atoms with E-state index in [1.807, 2.05) is 34.9 Å². The van der Waals surface area contributed by atoms with Gasteiger partial charge in [-0.05, 0) is 30.5 Å². The van der Waals surface area contributed by atoms with Gasteiger partial charge in [0.2, 0.25) is 5.91 Å². The number of carbonyl (C=O) groups is 1. The molecule has 0 unspecified atom stereocenters. The van der Waals surface area contributed by atoms with Crippen LogP contribution in [-0.2, 0) is 22.5 Å². The first-order valence-corrected chi connectivity index (χ1v) is 9.64. The molecule has 1 N–H and O–H groups in total. The summed E-state index contributed by atoms with van der Waals surface area (Å²) in [4.78, 5) is 17.1. The number of nitrogens with zero attached hydrogens (tertiary/aromatic N) is 2. The number of para-hydroxylation sites is 2. The van der Waals surface area contributed by atoms with E-state index in [1.165, 1.54) is 5.56 Å². The molecule has 2 fully saturated rings. The van der Waals surface area contributed by atoms with Gasteiger partial charge in [-0.1, -0.05) is 42.5 Å². The Morgan fingerprint density at radius 2 is 1.96 bits per heavy atom. The van der Waals surface area contributed by atoms with Crippen molar-refractivity contribution >= 4 is 16.9 Å². The summed E-state index contributed by atoms with van der Waals surface area (Å²) in [5, 5.41) is 3.29. The molecule has 1 aliphatic heterocycles. The SMILES string of the molecule is O=C(Cn1cnc2ccccc21)N[C@@H]1[C@@H](Cc2ccccc2)[C@H]2OCC[C@@H]12. The van der Waals surface area contributed by atoms with Gasteiger partial charge in [0.05, 0.1) is 23.5 Å². The first-order valence-electron chi connectivity index (χ1n) is 9.64. The Balaban J connectivity index is 1.29. The average molecular weight is 361 g/mol. The van der Waals surface area contributed by atoms with Crippen molar-refractivity contribution in [2.24, 2.45) is 11.8 Å². The van der Waals surface area contributed by atoms with Crippen molar-refractivity contribution in [3.05, 3.63) is 66.5 Å². The first kappa shape index (κ1) is 16.5. The van der Waals surface area contributed by atoms with Crippen LogP contribution in [0.1, 0.15) is 12.0 Å². The van der Waals surface area contributed by atoms with Crippen LogP contribution in [0.15, 0.2) is 60.9 Å². The highest BCUT2D eigenvalue weighted by molar-refractivity contribution is 5.80. The maximum absolute atomic E-state index is 12.7. The molecule has 0 radical (unpaired) electrons. The Labute approximate surface area is 158 Å². The Hall–Kier alpha value is -2.66. The second-order valence-electron chi connectivity index (χ2n) is 7.60. The maximum Gasteiger partial charge on any atom is 0.240 e. The van der Waals surface area contributed by atoms with Gasteiger partial charge in [-0.3, -0.25) is 4.79 Å². The van der Waals surface area contributed by atoms with Crippen LogP contribution in [0, 0.1) is 11.8 Å². The van der Waals surface area contributed by atoms with E-state index < -0.39 is 0 Å². The minimum Gasteiger partial charge on any atom is -0.377 e. The second-order valence-corrected chi connectivity index (χ2v) is 7.60. The molecule has 1 aromatic heterocycles. The quantitative estimate of drug-likeness (QED) is 0.760. The van der Waals surface area contributed by atoms with E-state index >= 15 is 0 Å². The lowest BCUT2D eigenvalue weighted by molar-refractivity contribution is -0.127. The smallest absolute Gasteiger partial charge is 0.240 e. The summed E-state index contributed by atoms with van der Waals surface area (Å²) in [6.45, 7) is 1.10. The number of hydrogen-bond donors (Lipinski definition) is 1. The van der Waals surface area contributed by atoms with Crippen molar-refractivity contribution in [2.75, 3.05) is 6.61 Å². The highest BCUT2D eigenvalue weighted by Crippen LogP contribution is 2.45. The zero-order valence-corrected chi connectivity index (χ0v) is 15.1. The first-order chi connectivity index (χ1) is 13.3. The lowest BCUT2D eigenvalue weighted by Gasteiger charge is -2.48. The molecule has 1 saturated heterocycles. The maximum atomic E-state index is 12.7. The molecule has 0 bridgehead atoms. The van der Waals surface area contributed by atoms with Crippen molar-refractivity contribution in [1.82, 2.24) is 14.9 Å². The lowest BCUT2D eigenvalue weighted by Crippen LogP contribution is -2.62. The predicted octanol–water partition coefficient (Wildman–Crippen LogP) is 2.80. The van der Waals surface area contributed by atoms with Gasteiger partial charge in [0, 0.05) is 24.5 Å². The van der Waals surface area contributed by atoms with Crippen molar-refractivity contribution in [2.45, 2.75) is 31.5 Å². The fourth-order valence-corrected chi connectivity index (χ4v) is 4.70. The third kappa shape index (κ3) is 3.02. The van der Waals surface area contributed by atoms with E-state index in [4.69, 9.17) is 4.74 Å². The number of hydrogen-bond acceptors (Lipinski definition) is 3. The van der Waals surface area contributed by atoms with Crippen LogP contribution >= 0.6 is 0 Å². The number of nitrogens with one attached hydrogen (secondary N) is 1. The van der Waals surface area contributed by atoms with Crippen molar-refractivity contribution in [1.29, 1.82) is 0 Å². The summed E-state index contributed by atoms with van der Waals surface area (Å²) < 4.78 is 7.86. The fourth-order valence-electron chi connectivity index (χ4n) is 4.70. The van der Waals surface area contributed by atoms with Gasteiger partial charge in [0.15, 0.2) is 0 Å². The number of imidazole rings is 1. The fraction of sp³-hybridized carbons (Fsp3) is 0.364. The van der Waals surface area contributed by atoms with Gasteiger partial charge in [0.1, 0.15) is 6.54 Å².